The highest BCUT2D eigenvalue weighted by Gasteiger charge is 2.19. The Balaban J connectivity index is 1.52. The summed E-state index contributed by atoms with van der Waals surface area (Å²) in [5.41, 5.74) is 4.94. The zero-order valence-electron chi connectivity index (χ0n) is 18.3. The molecule has 0 fully saturated rings. The number of benzene rings is 2. The summed E-state index contributed by atoms with van der Waals surface area (Å²) in [6, 6.07) is 20.4. The van der Waals surface area contributed by atoms with Gasteiger partial charge in [-0.3, -0.25) is 0 Å². The van der Waals surface area contributed by atoms with Gasteiger partial charge in [0.2, 0.25) is 4.96 Å². The Morgan fingerprint density at radius 1 is 0.909 bits per heavy atom. The van der Waals surface area contributed by atoms with Crippen molar-refractivity contribution in [2.45, 2.75) is 13.8 Å². The van der Waals surface area contributed by atoms with E-state index in [0.29, 0.717) is 0 Å². The number of rotatable bonds is 3. The topological polar surface area (TPSA) is 56.0 Å². The Hall–Kier alpha value is -3.90. The lowest BCUT2D eigenvalue weighted by Gasteiger charge is -2.12. The van der Waals surface area contributed by atoms with Crippen LogP contribution >= 0.6 is 11.3 Å². The minimum absolute atomic E-state index is 0.0200. The van der Waals surface area contributed by atoms with Crippen molar-refractivity contribution in [3.05, 3.63) is 96.1 Å². The third-order valence-electron chi connectivity index (χ3n) is 5.76. The second-order valence-electron chi connectivity index (χ2n) is 8.70. The molecule has 160 valence electrons. The third kappa shape index (κ3) is 3.58. The van der Waals surface area contributed by atoms with E-state index in [1.807, 2.05) is 40.9 Å². The van der Waals surface area contributed by atoms with Gasteiger partial charge in [0, 0.05) is 27.5 Å². The van der Waals surface area contributed by atoms with Crippen LogP contribution in [0.5, 0.6) is 0 Å². The summed E-state index contributed by atoms with van der Waals surface area (Å²) in [7, 11) is 0. The predicted molar refractivity (Wildman–Crippen MR) is 135 cm³/mol. The number of fused-ring (bicyclic) bond motifs is 2. The Bertz CT molecular complexity index is 1590. The van der Waals surface area contributed by atoms with Crippen molar-refractivity contribution in [1.82, 2.24) is 24.8 Å². The molecule has 0 amide bonds. The van der Waals surface area contributed by atoms with Crippen LogP contribution in [0.15, 0.2) is 91.0 Å². The van der Waals surface area contributed by atoms with Crippen molar-refractivity contribution in [2.24, 2.45) is 5.41 Å². The van der Waals surface area contributed by atoms with E-state index in [-0.39, 0.29) is 5.41 Å². The van der Waals surface area contributed by atoms with E-state index in [1.165, 1.54) is 0 Å². The second-order valence-corrected chi connectivity index (χ2v) is 9.66. The molecule has 0 saturated carbocycles. The van der Waals surface area contributed by atoms with E-state index >= 15 is 0 Å². The molecule has 33 heavy (non-hydrogen) atoms. The van der Waals surface area contributed by atoms with Gasteiger partial charge in [0.1, 0.15) is 5.01 Å². The monoisotopic (exact) mass is 447 g/mol. The summed E-state index contributed by atoms with van der Waals surface area (Å²) >= 11 is 1.54. The highest BCUT2D eigenvalue weighted by molar-refractivity contribution is 7.17. The Labute approximate surface area is 195 Å². The second kappa shape index (κ2) is 7.60. The van der Waals surface area contributed by atoms with Gasteiger partial charge in [-0.05, 0) is 12.1 Å². The third-order valence-corrected chi connectivity index (χ3v) is 6.71. The number of nitrogens with zero attached hydrogens (tertiary/aromatic N) is 5. The fraction of sp³-hybridized carbons (Fsp3) is 0.111. The van der Waals surface area contributed by atoms with Crippen molar-refractivity contribution in [3.63, 3.8) is 0 Å². The summed E-state index contributed by atoms with van der Waals surface area (Å²) < 4.78 is 1.85. The van der Waals surface area contributed by atoms with Crippen LogP contribution in [0.4, 0.5) is 0 Å². The molecule has 0 spiro atoms. The molecule has 5 aromatic rings. The number of hydrogen-bond donors (Lipinski definition) is 0. The van der Waals surface area contributed by atoms with Gasteiger partial charge in [-0.2, -0.15) is 9.61 Å². The maximum absolute atomic E-state index is 4.91. The zero-order valence-corrected chi connectivity index (χ0v) is 19.1. The van der Waals surface area contributed by atoms with Gasteiger partial charge in [0.25, 0.3) is 0 Å². The van der Waals surface area contributed by atoms with Crippen molar-refractivity contribution < 1.29 is 0 Å². The SMILES string of the molecule is CC1(C)C=CC=C(c2nn3c(-c4cc(-c5ccccc5)nc5ccccc45)nnc3s2)C=C1. The van der Waals surface area contributed by atoms with E-state index in [2.05, 4.69) is 78.7 Å². The predicted octanol–water partition coefficient (Wildman–Crippen LogP) is 6.60. The largest absolute Gasteiger partial charge is 0.248 e. The quantitative estimate of drug-likeness (QED) is 0.312. The lowest BCUT2D eigenvalue weighted by atomic mass is 9.93. The van der Waals surface area contributed by atoms with Gasteiger partial charge in [0.15, 0.2) is 5.82 Å². The molecule has 0 unspecified atom stereocenters. The van der Waals surface area contributed by atoms with Crippen LogP contribution < -0.4 is 0 Å². The maximum atomic E-state index is 4.91. The molecule has 6 rings (SSSR count). The number of hydrogen-bond acceptors (Lipinski definition) is 5. The minimum Gasteiger partial charge on any atom is -0.248 e. The zero-order chi connectivity index (χ0) is 22.4. The van der Waals surface area contributed by atoms with E-state index in [9.17, 15) is 0 Å². The minimum atomic E-state index is 0.0200. The van der Waals surface area contributed by atoms with Crippen molar-refractivity contribution in [1.29, 1.82) is 0 Å². The van der Waals surface area contributed by atoms with Crippen LogP contribution in [-0.4, -0.2) is 24.8 Å². The fourth-order valence-corrected chi connectivity index (χ4v) is 4.82. The molecule has 0 N–H and O–H groups in total. The molecule has 1 aliphatic rings. The van der Waals surface area contributed by atoms with Gasteiger partial charge in [-0.25, -0.2) is 4.98 Å². The lowest BCUT2D eigenvalue weighted by Crippen LogP contribution is -2.00. The van der Waals surface area contributed by atoms with E-state index < -0.39 is 0 Å². The van der Waals surface area contributed by atoms with Gasteiger partial charge in [-0.15, -0.1) is 10.2 Å². The average Bonchev–Trinajstić information content (AvgIpc) is 3.37. The molecule has 0 radical (unpaired) electrons. The van der Waals surface area contributed by atoms with Crippen molar-refractivity contribution >= 4 is 32.8 Å². The average molecular weight is 448 g/mol. The molecular formula is C27H21N5S. The van der Waals surface area contributed by atoms with Crippen molar-refractivity contribution in [3.8, 4) is 22.6 Å². The smallest absolute Gasteiger partial charge is 0.235 e. The molecule has 3 heterocycles. The number of para-hydroxylation sites is 1. The molecule has 0 bridgehead atoms. The normalized spacial score (nSPS) is 15.2. The van der Waals surface area contributed by atoms with Crippen LogP contribution in [-0.2, 0) is 0 Å². The highest BCUT2D eigenvalue weighted by atomic mass is 32.1. The summed E-state index contributed by atoms with van der Waals surface area (Å²) in [4.78, 5) is 5.67. The standard InChI is InChI=1S/C27H21N5S/c1-27(2)15-8-11-19(14-16-27)25-31-32-24(29-30-26(32)33-25)21-17-23(18-9-4-3-5-10-18)28-22-13-7-6-12-20(21)22/h3-17H,1-2H3. The van der Waals surface area contributed by atoms with Crippen LogP contribution in [0.2, 0.25) is 0 Å². The summed E-state index contributed by atoms with van der Waals surface area (Å²) in [6.07, 6.45) is 10.7. The van der Waals surface area contributed by atoms with E-state index in [1.54, 1.807) is 11.3 Å². The fourth-order valence-electron chi connectivity index (χ4n) is 3.98. The molecule has 0 atom stereocenters. The first-order chi connectivity index (χ1) is 16.1. The van der Waals surface area contributed by atoms with Crippen LogP contribution in [0, 0.1) is 5.41 Å². The maximum Gasteiger partial charge on any atom is 0.235 e. The first-order valence-electron chi connectivity index (χ1n) is 10.8. The van der Waals surface area contributed by atoms with Gasteiger partial charge < -0.3 is 0 Å². The Morgan fingerprint density at radius 2 is 1.73 bits per heavy atom. The summed E-state index contributed by atoms with van der Waals surface area (Å²) in [5, 5.41) is 15.8. The first kappa shape index (κ1) is 19.8. The number of pyridine rings is 1. The van der Waals surface area contributed by atoms with Gasteiger partial charge in [0.05, 0.1) is 11.2 Å². The highest BCUT2D eigenvalue weighted by Crippen LogP contribution is 2.34. The van der Waals surface area contributed by atoms with Crippen LogP contribution in [0.3, 0.4) is 0 Å². The number of allylic oxidation sites excluding steroid dienone is 6. The van der Waals surface area contributed by atoms with Crippen molar-refractivity contribution in [2.75, 3.05) is 0 Å². The van der Waals surface area contributed by atoms with Crippen LogP contribution in [0.1, 0.15) is 18.9 Å². The molecule has 6 heteroatoms. The molecule has 5 nitrogen and oxygen atoms in total. The molecule has 0 saturated heterocycles. The summed E-state index contributed by atoms with van der Waals surface area (Å²) in [6.45, 7) is 4.37. The Morgan fingerprint density at radius 3 is 2.61 bits per heavy atom. The van der Waals surface area contributed by atoms with E-state index in [0.717, 1.165) is 49.1 Å². The molecule has 2 aromatic carbocycles. The lowest BCUT2D eigenvalue weighted by molar-refractivity contribution is 0.627. The molecule has 1 aliphatic carbocycles. The number of aromatic nitrogens is 5. The van der Waals surface area contributed by atoms with Crippen LogP contribution in [0.25, 0.3) is 44.1 Å². The molecular weight excluding hydrogens is 426 g/mol. The Kier molecular flexibility index (Phi) is 4.55. The molecule has 3 aromatic heterocycles. The first-order valence-corrected chi connectivity index (χ1v) is 11.7. The van der Waals surface area contributed by atoms with Gasteiger partial charge >= 0.3 is 0 Å². The summed E-state index contributed by atoms with van der Waals surface area (Å²) in [5.74, 6) is 0.720. The molecule has 0 aliphatic heterocycles. The van der Waals surface area contributed by atoms with Gasteiger partial charge in [-0.1, -0.05) is 104 Å². The van der Waals surface area contributed by atoms with E-state index in [4.69, 9.17) is 10.1 Å².